The van der Waals surface area contributed by atoms with Crippen LogP contribution in [0.15, 0.2) is 52.1 Å². The molecule has 2 aromatic rings. The van der Waals surface area contributed by atoms with Crippen LogP contribution in [0.4, 0.5) is 0 Å². The maximum Gasteiger partial charge on any atom is 0.160 e. The van der Waals surface area contributed by atoms with E-state index in [9.17, 15) is 5.11 Å². The number of fused-ring (bicyclic) bond motifs is 1. The molecule has 23 heavy (non-hydrogen) atoms. The zero-order chi connectivity index (χ0) is 16.0. The Morgan fingerprint density at radius 3 is 2.91 bits per heavy atom. The Morgan fingerprint density at radius 2 is 2.17 bits per heavy atom. The molecule has 1 saturated heterocycles. The number of aromatic hydroxyl groups is 1. The van der Waals surface area contributed by atoms with Crippen LogP contribution in [-0.2, 0) is 0 Å². The molecule has 0 unspecified atom stereocenters. The third-order valence-corrected chi connectivity index (χ3v) is 5.93. The minimum Gasteiger partial charge on any atom is -0.507 e. The molecule has 0 amide bonds. The molecule has 0 bridgehead atoms. The normalized spacial score (nSPS) is 26.3. The van der Waals surface area contributed by atoms with Crippen LogP contribution in [0.1, 0.15) is 30.3 Å². The van der Waals surface area contributed by atoms with Gasteiger partial charge in [0.05, 0.1) is 16.2 Å². The quantitative estimate of drug-likeness (QED) is 0.838. The molecule has 3 heterocycles. The Bertz CT molecular complexity index is 768. The Labute approximate surface area is 147 Å². The predicted octanol–water partition coefficient (Wildman–Crippen LogP) is 4.14. The molecule has 2 aliphatic rings. The molecule has 1 aromatic carbocycles. The summed E-state index contributed by atoms with van der Waals surface area (Å²) in [5, 5.41) is 11.4. The highest BCUT2D eigenvalue weighted by atomic mass is 79.9. The van der Waals surface area contributed by atoms with Crippen LogP contribution in [0.3, 0.4) is 0 Å². The summed E-state index contributed by atoms with van der Waals surface area (Å²) in [5.74, 6) is 0.256. The number of thioether (sulfide) groups is 1. The first kappa shape index (κ1) is 15.0. The summed E-state index contributed by atoms with van der Waals surface area (Å²) in [4.78, 5) is 11.8. The van der Waals surface area contributed by atoms with Gasteiger partial charge < -0.3 is 10.0 Å². The predicted molar refractivity (Wildman–Crippen MR) is 96.7 cm³/mol. The molecule has 2 aliphatic heterocycles. The Balaban J connectivity index is 1.79. The van der Waals surface area contributed by atoms with E-state index in [-0.39, 0.29) is 17.8 Å². The fraction of sp³-hybridized carbons (Fsp3) is 0.294. The molecule has 4 nitrogen and oxygen atoms in total. The maximum atomic E-state index is 9.79. The summed E-state index contributed by atoms with van der Waals surface area (Å²) >= 11 is 5.25. The number of aliphatic imine (C=N–C) groups is 1. The second-order valence-electron chi connectivity index (χ2n) is 5.85. The molecular weight excluding hydrogens is 374 g/mol. The second-order valence-corrected chi connectivity index (χ2v) is 8.11. The van der Waals surface area contributed by atoms with Gasteiger partial charge in [-0.3, -0.25) is 9.98 Å². The van der Waals surface area contributed by atoms with E-state index in [1.807, 2.05) is 48.3 Å². The number of hydrogen-bond acceptors (Lipinski definition) is 5. The maximum absolute atomic E-state index is 9.79. The van der Waals surface area contributed by atoms with Crippen LogP contribution in [0.5, 0.6) is 5.75 Å². The summed E-state index contributed by atoms with van der Waals surface area (Å²) < 4.78 is 0.711. The van der Waals surface area contributed by atoms with Crippen molar-refractivity contribution in [2.24, 2.45) is 4.99 Å². The third kappa shape index (κ3) is 2.64. The van der Waals surface area contributed by atoms with E-state index in [0.717, 1.165) is 23.0 Å². The van der Waals surface area contributed by atoms with E-state index < -0.39 is 0 Å². The van der Waals surface area contributed by atoms with Gasteiger partial charge in [0.25, 0.3) is 0 Å². The highest BCUT2D eigenvalue weighted by Gasteiger charge is 2.43. The smallest absolute Gasteiger partial charge is 0.160 e. The number of pyridine rings is 1. The van der Waals surface area contributed by atoms with Gasteiger partial charge >= 0.3 is 0 Å². The van der Waals surface area contributed by atoms with Crippen LogP contribution in [0.25, 0.3) is 0 Å². The van der Waals surface area contributed by atoms with Crippen molar-refractivity contribution in [2.75, 3.05) is 6.54 Å². The average Bonchev–Trinajstić information content (AvgIpc) is 3.07. The molecule has 0 saturated carbocycles. The number of aromatic nitrogens is 1. The van der Waals surface area contributed by atoms with Gasteiger partial charge in [0, 0.05) is 18.0 Å². The van der Waals surface area contributed by atoms with Crippen molar-refractivity contribution >= 4 is 32.9 Å². The lowest BCUT2D eigenvalue weighted by Gasteiger charge is -2.27. The van der Waals surface area contributed by atoms with Crippen LogP contribution in [0, 0.1) is 0 Å². The molecule has 1 fully saturated rings. The van der Waals surface area contributed by atoms with Crippen LogP contribution < -0.4 is 0 Å². The van der Waals surface area contributed by atoms with E-state index in [1.165, 1.54) is 0 Å². The minimum absolute atomic E-state index is 0.0114. The van der Waals surface area contributed by atoms with Gasteiger partial charge in [-0.15, -0.1) is 0 Å². The summed E-state index contributed by atoms with van der Waals surface area (Å²) in [7, 11) is 0. The van der Waals surface area contributed by atoms with Gasteiger partial charge in [-0.2, -0.15) is 0 Å². The standard InChI is InChI=1S/C17H16BrN3OS/c1-10-9-21-16(11-5-6-14(22)12(18)8-11)15(20-17(21)23-10)13-4-2-3-7-19-13/h2-8,10,15-16,22H,9H2,1H3/t10-,15+,16-/m0/s1. The number of phenols is 1. The van der Waals surface area contributed by atoms with Crippen molar-refractivity contribution in [2.45, 2.75) is 24.3 Å². The fourth-order valence-corrected chi connectivity index (χ4v) is 4.67. The highest BCUT2D eigenvalue weighted by Crippen LogP contribution is 2.48. The lowest BCUT2D eigenvalue weighted by molar-refractivity contribution is 0.321. The van der Waals surface area contributed by atoms with Crippen molar-refractivity contribution < 1.29 is 5.11 Å². The van der Waals surface area contributed by atoms with Gasteiger partial charge in [-0.1, -0.05) is 30.8 Å². The number of hydrogen-bond donors (Lipinski definition) is 1. The van der Waals surface area contributed by atoms with Gasteiger partial charge in [0.1, 0.15) is 11.8 Å². The molecule has 6 heteroatoms. The SMILES string of the molecule is C[C@H]1CN2C(=N[C@H](c3ccccn3)[C@@H]2c2ccc(O)c(Br)c2)S1. The number of nitrogens with zero attached hydrogens (tertiary/aromatic N) is 3. The van der Waals surface area contributed by atoms with Gasteiger partial charge in [0.2, 0.25) is 0 Å². The molecule has 118 valence electrons. The topological polar surface area (TPSA) is 48.7 Å². The zero-order valence-corrected chi connectivity index (χ0v) is 15.0. The van der Waals surface area contributed by atoms with Gasteiger partial charge in [-0.05, 0) is 45.8 Å². The van der Waals surface area contributed by atoms with Crippen molar-refractivity contribution in [1.82, 2.24) is 9.88 Å². The second kappa shape index (κ2) is 5.83. The van der Waals surface area contributed by atoms with Crippen LogP contribution in [0.2, 0.25) is 0 Å². The van der Waals surface area contributed by atoms with Crippen LogP contribution in [-0.4, -0.2) is 32.0 Å². The Kier molecular flexibility index (Phi) is 3.81. The summed E-state index contributed by atoms with van der Waals surface area (Å²) in [6.07, 6.45) is 1.82. The monoisotopic (exact) mass is 389 g/mol. The van der Waals surface area contributed by atoms with E-state index in [1.54, 1.807) is 6.07 Å². The number of rotatable bonds is 2. The molecular formula is C17H16BrN3OS. The van der Waals surface area contributed by atoms with E-state index >= 15 is 0 Å². The lowest BCUT2D eigenvalue weighted by Crippen LogP contribution is -2.28. The van der Waals surface area contributed by atoms with Gasteiger partial charge in [-0.25, -0.2) is 0 Å². The van der Waals surface area contributed by atoms with Crippen molar-refractivity contribution in [1.29, 1.82) is 0 Å². The first-order chi connectivity index (χ1) is 11.1. The number of amidine groups is 1. The summed E-state index contributed by atoms with van der Waals surface area (Å²) in [6, 6.07) is 11.8. The van der Waals surface area contributed by atoms with E-state index in [2.05, 4.69) is 32.7 Å². The molecule has 0 aliphatic carbocycles. The zero-order valence-electron chi connectivity index (χ0n) is 12.6. The van der Waals surface area contributed by atoms with Crippen molar-refractivity contribution in [3.63, 3.8) is 0 Å². The molecule has 4 rings (SSSR count). The average molecular weight is 390 g/mol. The fourth-order valence-electron chi connectivity index (χ4n) is 3.19. The molecule has 0 spiro atoms. The van der Waals surface area contributed by atoms with Gasteiger partial charge in [0.15, 0.2) is 5.17 Å². The largest absolute Gasteiger partial charge is 0.507 e. The summed E-state index contributed by atoms with van der Waals surface area (Å²) in [6.45, 7) is 3.21. The van der Waals surface area contributed by atoms with Crippen molar-refractivity contribution in [3.8, 4) is 5.75 Å². The summed E-state index contributed by atoms with van der Waals surface area (Å²) in [5.41, 5.74) is 2.12. The Morgan fingerprint density at radius 1 is 1.30 bits per heavy atom. The first-order valence-electron chi connectivity index (χ1n) is 7.54. The van der Waals surface area contributed by atoms with E-state index in [0.29, 0.717) is 9.72 Å². The van der Waals surface area contributed by atoms with Crippen LogP contribution >= 0.6 is 27.7 Å². The number of benzene rings is 1. The van der Waals surface area contributed by atoms with E-state index in [4.69, 9.17) is 4.99 Å². The highest BCUT2D eigenvalue weighted by molar-refractivity contribution is 9.10. The lowest BCUT2D eigenvalue weighted by atomic mass is 9.96. The third-order valence-electron chi connectivity index (χ3n) is 4.19. The molecule has 3 atom stereocenters. The number of phenolic OH excluding ortho intramolecular Hbond substituents is 1. The number of halogens is 1. The van der Waals surface area contributed by atoms with Crippen molar-refractivity contribution in [3.05, 3.63) is 58.3 Å². The first-order valence-corrected chi connectivity index (χ1v) is 9.21. The molecule has 1 N–H and O–H groups in total. The molecule has 1 aromatic heterocycles. The molecule has 0 radical (unpaired) electrons. The Hall–Kier alpha value is -1.53. The minimum atomic E-state index is -0.0114.